The fraction of sp³-hybridized carbons (Fsp3) is 0.500. The summed E-state index contributed by atoms with van der Waals surface area (Å²) in [6, 6.07) is 9.49. The van der Waals surface area contributed by atoms with Crippen molar-refractivity contribution in [2.24, 2.45) is 17.3 Å². The number of rotatable bonds is 8. The van der Waals surface area contributed by atoms with Gasteiger partial charge in [0, 0.05) is 17.5 Å². The van der Waals surface area contributed by atoms with E-state index in [4.69, 9.17) is 14.2 Å². The zero-order valence-electron chi connectivity index (χ0n) is 19.9. The van der Waals surface area contributed by atoms with Crippen molar-refractivity contribution in [3.05, 3.63) is 41.5 Å². The molecule has 0 amide bonds. The minimum absolute atomic E-state index is 0.0913. The standard InChI is InChI=1S/C28H32O6/c1-32-24-13-11-21(18-8-5-9-20-19(18)10-12-23(20)29)25(26(24)33-2)34-16-28(27(30)31)15-14-22(28)17-6-3-4-7-17/h5,8-9,11,13,17,22H,3-4,6-7,10,12,14-16H2,1-2H3,(H,30,31). The van der Waals surface area contributed by atoms with Crippen LogP contribution >= 0.6 is 0 Å². The van der Waals surface area contributed by atoms with Crippen molar-refractivity contribution in [1.82, 2.24) is 0 Å². The summed E-state index contributed by atoms with van der Waals surface area (Å²) in [5.74, 6) is 1.43. The van der Waals surface area contributed by atoms with Crippen LogP contribution in [0.25, 0.3) is 11.1 Å². The normalized spacial score (nSPS) is 23.9. The van der Waals surface area contributed by atoms with Crippen molar-refractivity contribution in [2.45, 2.75) is 51.4 Å². The highest BCUT2D eigenvalue weighted by Crippen LogP contribution is 2.56. The Morgan fingerprint density at radius 1 is 0.971 bits per heavy atom. The SMILES string of the molecule is COc1ccc(-c2cccc3c2CCC3=O)c(OCC2(C(=O)O)CCC2C2CCCC2)c1OC. The fourth-order valence-corrected chi connectivity index (χ4v) is 6.41. The predicted octanol–water partition coefficient (Wildman–Crippen LogP) is 5.55. The third-order valence-electron chi connectivity index (χ3n) is 8.35. The fourth-order valence-electron chi connectivity index (χ4n) is 6.41. The number of methoxy groups -OCH3 is 2. The zero-order valence-corrected chi connectivity index (χ0v) is 19.9. The molecule has 0 spiro atoms. The van der Waals surface area contributed by atoms with E-state index >= 15 is 0 Å². The largest absolute Gasteiger partial charge is 0.493 e. The van der Waals surface area contributed by atoms with Crippen molar-refractivity contribution in [3.63, 3.8) is 0 Å². The summed E-state index contributed by atoms with van der Waals surface area (Å²) in [7, 11) is 3.13. The van der Waals surface area contributed by atoms with Crippen LogP contribution in [0.2, 0.25) is 0 Å². The van der Waals surface area contributed by atoms with Crippen LogP contribution in [0, 0.1) is 17.3 Å². The molecule has 2 aromatic carbocycles. The average Bonchev–Trinajstić information content (AvgIpc) is 3.48. The Hall–Kier alpha value is -3.02. The monoisotopic (exact) mass is 464 g/mol. The van der Waals surface area contributed by atoms with Crippen LogP contribution in [-0.2, 0) is 11.2 Å². The Bertz CT molecular complexity index is 1120. The molecule has 180 valence electrons. The molecule has 2 atom stereocenters. The van der Waals surface area contributed by atoms with E-state index in [2.05, 4.69) is 0 Å². The molecule has 0 aromatic heterocycles. The highest BCUT2D eigenvalue weighted by Gasteiger charge is 2.56. The number of fused-ring (bicyclic) bond motifs is 1. The molecule has 0 radical (unpaired) electrons. The first-order valence-corrected chi connectivity index (χ1v) is 12.3. The summed E-state index contributed by atoms with van der Waals surface area (Å²) in [4.78, 5) is 24.9. The molecule has 3 aliphatic carbocycles. The molecule has 0 aliphatic heterocycles. The molecule has 0 bridgehead atoms. The number of ketones is 1. The van der Waals surface area contributed by atoms with Gasteiger partial charge in [0.25, 0.3) is 0 Å². The van der Waals surface area contributed by atoms with Crippen LogP contribution in [0.15, 0.2) is 30.3 Å². The van der Waals surface area contributed by atoms with Crippen molar-refractivity contribution in [1.29, 1.82) is 0 Å². The highest BCUT2D eigenvalue weighted by atomic mass is 16.5. The first-order chi connectivity index (χ1) is 16.5. The van der Waals surface area contributed by atoms with Gasteiger partial charge in [0.1, 0.15) is 12.0 Å². The quantitative estimate of drug-likeness (QED) is 0.552. The Labute approximate surface area is 200 Å². The molecular weight excluding hydrogens is 432 g/mol. The number of ether oxygens (including phenoxy) is 3. The van der Waals surface area contributed by atoms with E-state index in [9.17, 15) is 14.7 Å². The van der Waals surface area contributed by atoms with Crippen molar-refractivity contribution in [2.75, 3.05) is 20.8 Å². The van der Waals surface area contributed by atoms with E-state index in [0.717, 1.165) is 41.5 Å². The van der Waals surface area contributed by atoms with Crippen molar-refractivity contribution < 1.29 is 28.9 Å². The molecule has 2 saturated carbocycles. The van der Waals surface area contributed by atoms with Gasteiger partial charge in [-0.25, -0.2) is 0 Å². The summed E-state index contributed by atoms with van der Waals surface area (Å²) in [5, 5.41) is 10.3. The number of Topliss-reactive ketones (excluding diaryl/α,β-unsaturated/α-hetero) is 1. The molecule has 3 aliphatic rings. The molecule has 5 rings (SSSR count). The van der Waals surface area contributed by atoms with Crippen LogP contribution in [-0.4, -0.2) is 37.7 Å². The minimum Gasteiger partial charge on any atom is -0.493 e. The van der Waals surface area contributed by atoms with E-state index in [1.807, 2.05) is 30.3 Å². The third kappa shape index (κ3) is 3.55. The molecule has 6 heteroatoms. The van der Waals surface area contributed by atoms with Gasteiger partial charge in [-0.05, 0) is 54.4 Å². The Morgan fingerprint density at radius 2 is 1.74 bits per heavy atom. The molecule has 0 saturated heterocycles. The number of hydrogen-bond donors (Lipinski definition) is 1. The first-order valence-electron chi connectivity index (χ1n) is 12.3. The van der Waals surface area contributed by atoms with Crippen molar-refractivity contribution >= 4 is 11.8 Å². The van der Waals surface area contributed by atoms with Crippen LogP contribution in [0.3, 0.4) is 0 Å². The van der Waals surface area contributed by atoms with E-state index in [0.29, 0.717) is 42.4 Å². The van der Waals surface area contributed by atoms with Gasteiger partial charge in [-0.15, -0.1) is 0 Å². The minimum atomic E-state index is -0.880. The lowest BCUT2D eigenvalue weighted by Crippen LogP contribution is -2.53. The molecule has 1 N–H and O–H groups in total. The maximum absolute atomic E-state index is 12.5. The van der Waals surface area contributed by atoms with Gasteiger partial charge < -0.3 is 19.3 Å². The van der Waals surface area contributed by atoms with Crippen molar-refractivity contribution in [3.8, 4) is 28.4 Å². The Balaban J connectivity index is 1.55. The summed E-state index contributed by atoms with van der Waals surface area (Å²) in [5.41, 5.74) is 2.59. The van der Waals surface area contributed by atoms with Crippen LogP contribution in [0.5, 0.6) is 17.2 Å². The summed E-state index contributed by atoms with van der Waals surface area (Å²) in [6.45, 7) is 0.0913. The second-order valence-corrected chi connectivity index (χ2v) is 9.87. The maximum Gasteiger partial charge on any atom is 0.313 e. The zero-order chi connectivity index (χ0) is 23.9. The molecule has 2 aromatic rings. The van der Waals surface area contributed by atoms with Gasteiger partial charge in [0.2, 0.25) is 5.75 Å². The summed E-state index contributed by atoms with van der Waals surface area (Å²) < 4.78 is 17.7. The molecular formula is C28H32O6. The topological polar surface area (TPSA) is 82.1 Å². The smallest absolute Gasteiger partial charge is 0.313 e. The second-order valence-electron chi connectivity index (χ2n) is 9.87. The molecule has 2 fully saturated rings. The van der Waals surface area contributed by atoms with Gasteiger partial charge >= 0.3 is 5.97 Å². The second kappa shape index (κ2) is 8.97. The van der Waals surface area contributed by atoms with Gasteiger partial charge in [-0.1, -0.05) is 43.9 Å². The number of benzene rings is 2. The Kier molecular flexibility index (Phi) is 6.00. The number of aliphatic carboxylic acids is 1. The predicted molar refractivity (Wildman–Crippen MR) is 128 cm³/mol. The summed E-state index contributed by atoms with van der Waals surface area (Å²) >= 11 is 0. The Morgan fingerprint density at radius 3 is 2.38 bits per heavy atom. The van der Waals surface area contributed by atoms with Crippen LogP contribution < -0.4 is 14.2 Å². The number of carboxylic acid groups (broad SMARTS) is 1. The maximum atomic E-state index is 12.5. The number of carbonyl (C=O) groups is 2. The van der Waals surface area contributed by atoms with Crippen LogP contribution in [0.1, 0.15) is 60.9 Å². The molecule has 34 heavy (non-hydrogen) atoms. The third-order valence-corrected chi connectivity index (χ3v) is 8.35. The molecule has 6 nitrogen and oxygen atoms in total. The van der Waals surface area contributed by atoms with E-state index in [1.54, 1.807) is 14.2 Å². The number of carbonyl (C=O) groups excluding carboxylic acids is 1. The van der Waals surface area contributed by atoms with Gasteiger partial charge in [0.05, 0.1) is 14.2 Å². The lowest BCUT2D eigenvalue weighted by Gasteiger charge is -2.49. The summed E-state index contributed by atoms with van der Waals surface area (Å²) in [6.07, 6.45) is 7.33. The molecule has 0 heterocycles. The van der Waals surface area contributed by atoms with E-state index in [1.165, 1.54) is 12.8 Å². The van der Waals surface area contributed by atoms with E-state index < -0.39 is 11.4 Å². The van der Waals surface area contributed by atoms with Gasteiger partial charge in [0.15, 0.2) is 17.3 Å². The van der Waals surface area contributed by atoms with E-state index in [-0.39, 0.29) is 18.3 Å². The number of carboxylic acids is 1. The average molecular weight is 465 g/mol. The van der Waals surface area contributed by atoms with Crippen LogP contribution in [0.4, 0.5) is 0 Å². The van der Waals surface area contributed by atoms with Gasteiger partial charge in [-0.2, -0.15) is 0 Å². The molecule has 2 unspecified atom stereocenters. The lowest BCUT2D eigenvalue weighted by molar-refractivity contribution is -0.169. The van der Waals surface area contributed by atoms with Gasteiger partial charge in [-0.3, -0.25) is 9.59 Å². The first kappa shape index (κ1) is 22.8. The number of hydrogen-bond acceptors (Lipinski definition) is 5. The highest BCUT2D eigenvalue weighted by molar-refractivity contribution is 6.02. The lowest BCUT2D eigenvalue weighted by atomic mass is 9.55.